The molecule has 118 valence electrons. The van der Waals surface area contributed by atoms with Crippen molar-refractivity contribution >= 4 is 27.3 Å². The number of nitrogens with one attached hydrogen (secondary N) is 1. The van der Waals surface area contributed by atoms with E-state index in [1.165, 1.54) is 16.9 Å². The molecule has 0 amide bonds. The molecule has 3 aromatic rings. The summed E-state index contributed by atoms with van der Waals surface area (Å²) in [7, 11) is 0. The molecule has 23 heavy (non-hydrogen) atoms. The maximum absolute atomic E-state index is 12.5. The van der Waals surface area contributed by atoms with Gasteiger partial charge < -0.3 is 9.72 Å². The topological polar surface area (TPSA) is 55.0 Å². The predicted octanol–water partition coefficient (Wildman–Crippen LogP) is 3.89. The first-order chi connectivity index (χ1) is 11.1. The minimum Gasteiger partial charge on any atom is -0.491 e. The Morgan fingerprint density at radius 2 is 2.09 bits per heavy atom. The zero-order valence-corrected chi connectivity index (χ0v) is 14.0. The minimum atomic E-state index is -0.138. The molecule has 0 atom stereocenters. The standard InChI is InChI=1S/C18H18N2O2S/c1-4-22-11(2)16-19-17(21)15-14(12(3)23-18(15)20-16)10-13-8-6-5-7-9-13/h5-9H,2,4,10H2,1,3H3,(H,19,20,21). The first-order valence-corrected chi connectivity index (χ1v) is 8.30. The quantitative estimate of drug-likeness (QED) is 0.724. The van der Waals surface area contributed by atoms with Gasteiger partial charge in [-0.1, -0.05) is 36.9 Å². The van der Waals surface area contributed by atoms with E-state index in [1.807, 2.05) is 32.0 Å². The van der Waals surface area contributed by atoms with Crippen molar-refractivity contribution in [3.8, 4) is 0 Å². The van der Waals surface area contributed by atoms with E-state index < -0.39 is 0 Å². The number of rotatable bonds is 5. The average molecular weight is 326 g/mol. The summed E-state index contributed by atoms with van der Waals surface area (Å²) in [5.74, 6) is 0.791. The lowest BCUT2D eigenvalue weighted by atomic mass is 10.0. The van der Waals surface area contributed by atoms with Crippen LogP contribution >= 0.6 is 11.3 Å². The smallest absolute Gasteiger partial charge is 0.260 e. The number of aryl methyl sites for hydroxylation is 1. The average Bonchev–Trinajstić information content (AvgIpc) is 2.85. The summed E-state index contributed by atoms with van der Waals surface area (Å²) in [5, 5.41) is 0.671. The highest BCUT2D eigenvalue weighted by Gasteiger charge is 2.16. The van der Waals surface area contributed by atoms with Crippen molar-refractivity contribution in [1.82, 2.24) is 9.97 Å². The van der Waals surface area contributed by atoms with Gasteiger partial charge in [-0.25, -0.2) is 4.98 Å². The molecule has 2 heterocycles. The van der Waals surface area contributed by atoms with Gasteiger partial charge in [0.25, 0.3) is 5.56 Å². The van der Waals surface area contributed by atoms with Crippen LogP contribution in [0, 0.1) is 6.92 Å². The van der Waals surface area contributed by atoms with Crippen molar-refractivity contribution in [2.75, 3.05) is 6.61 Å². The summed E-state index contributed by atoms with van der Waals surface area (Å²) in [4.78, 5) is 21.7. The van der Waals surface area contributed by atoms with Crippen molar-refractivity contribution in [2.24, 2.45) is 0 Å². The summed E-state index contributed by atoms with van der Waals surface area (Å²) in [5.41, 5.74) is 2.08. The normalized spacial score (nSPS) is 10.9. The van der Waals surface area contributed by atoms with Crippen molar-refractivity contribution < 1.29 is 4.74 Å². The van der Waals surface area contributed by atoms with Crippen LogP contribution in [0.4, 0.5) is 0 Å². The first-order valence-electron chi connectivity index (χ1n) is 7.48. The molecule has 0 aliphatic carbocycles. The van der Waals surface area contributed by atoms with Gasteiger partial charge in [-0.2, -0.15) is 0 Å². The van der Waals surface area contributed by atoms with Gasteiger partial charge in [-0.05, 0) is 31.4 Å². The third-order valence-corrected chi connectivity index (χ3v) is 4.71. The van der Waals surface area contributed by atoms with Crippen LogP contribution in [0.5, 0.6) is 0 Å². The lowest BCUT2D eigenvalue weighted by Gasteiger charge is -2.06. The number of benzene rings is 1. The molecule has 0 fully saturated rings. The van der Waals surface area contributed by atoms with Crippen molar-refractivity contribution in [1.29, 1.82) is 0 Å². The first kappa shape index (κ1) is 15.5. The molecular weight excluding hydrogens is 308 g/mol. The molecule has 0 unspecified atom stereocenters. The molecule has 1 N–H and O–H groups in total. The van der Waals surface area contributed by atoms with Crippen LogP contribution in [0.2, 0.25) is 0 Å². The Morgan fingerprint density at radius 1 is 1.35 bits per heavy atom. The van der Waals surface area contributed by atoms with Crippen LogP contribution < -0.4 is 5.56 Å². The number of ether oxygens (including phenoxy) is 1. The van der Waals surface area contributed by atoms with Gasteiger partial charge in [0.05, 0.1) is 12.0 Å². The van der Waals surface area contributed by atoms with Crippen LogP contribution in [-0.2, 0) is 11.2 Å². The SMILES string of the molecule is C=C(OCC)c1nc2sc(C)c(Cc3ccccc3)c2c(=O)[nH]1. The highest BCUT2D eigenvalue weighted by molar-refractivity contribution is 7.18. The molecular formula is C18H18N2O2S. The number of thiophene rings is 1. The van der Waals surface area contributed by atoms with E-state index in [4.69, 9.17) is 4.74 Å². The zero-order valence-electron chi connectivity index (χ0n) is 13.2. The largest absolute Gasteiger partial charge is 0.491 e. The summed E-state index contributed by atoms with van der Waals surface area (Å²) in [6.07, 6.45) is 0.725. The van der Waals surface area contributed by atoms with Crippen LogP contribution in [0.25, 0.3) is 16.0 Å². The van der Waals surface area contributed by atoms with Crippen LogP contribution in [-0.4, -0.2) is 16.6 Å². The molecule has 2 aromatic heterocycles. The molecule has 0 saturated heterocycles. The molecule has 0 aliphatic rings. The maximum Gasteiger partial charge on any atom is 0.260 e. The van der Waals surface area contributed by atoms with Crippen molar-refractivity contribution in [2.45, 2.75) is 20.3 Å². The second kappa shape index (κ2) is 6.38. The van der Waals surface area contributed by atoms with Gasteiger partial charge in [0, 0.05) is 4.88 Å². The highest BCUT2D eigenvalue weighted by Crippen LogP contribution is 2.29. The number of H-pyrrole nitrogens is 1. The molecule has 0 bridgehead atoms. The summed E-state index contributed by atoms with van der Waals surface area (Å²) in [6, 6.07) is 10.1. The van der Waals surface area contributed by atoms with E-state index >= 15 is 0 Å². The second-order valence-electron chi connectivity index (χ2n) is 5.25. The number of fused-ring (bicyclic) bond motifs is 1. The Labute approximate surface area is 138 Å². The van der Waals surface area contributed by atoms with Crippen LogP contribution in [0.1, 0.15) is 28.8 Å². The molecule has 0 radical (unpaired) electrons. The van der Waals surface area contributed by atoms with Gasteiger partial charge in [0.15, 0.2) is 11.6 Å². The fourth-order valence-electron chi connectivity index (χ4n) is 2.56. The molecule has 0 saturated carbocycles. The number of hydrogen-bond acceptors (Lipinski definition) is 4. The lowest BCUT2D eigenvalue weighted by molar-refractivity contribution is 0.296. The molecule has 0 spiro atoms. The molecule has 5 heteroatoms. The fraction of sp³-hybridized carbons (Fsp3) is 0.222. The third-order valence-electron chi connectivity index (χ3n) is 3.67. The predicted molar refractivity (Wildman–Crippen MR) is 94.9 cm³/mol. The number of aromatic nitrogens is 2. The van der Waals surface area contributed by atoms with Gasteiger partial charge >= 0.3 is 0 Å². The van der Waals surface area contributed by atoms with E-state index in [0.29, 0.717) is 23.6 Å². The summed E-state index contributed by atoms with van der Waals surface area (Å²) in [6.45, 7) is 8.20. The number of hydrogen-bond donors (Lipinski definition) is 1. The maximum atomic E-state index is 12.5. The van der Waals surface area contributed by atoms with Gasteiger partial charge in [0.1, 0.15) is 4.83 Å². The van der Waals surface area contributed by atoms with Crippen molar-refractivity contribution in [3.05, 3.63) is 69.1 Å². The summed E-state index contributed by atoms with van der Waals surface area (Å²) < 4.78 is 5.34. The summed E-state index contributed by atoms with van der Waals surface area (Å²) >= 11 is 1.53. The van der Waals surface area contributed by atoms with E-state index in [-0.39, 0.29) is 5.56 Å². The van der Waals surface area contributed by atoms with Gasteiger partial charge in [-0.15, -0.1) is 11.3 Å². The number of aromatic amines is 1. The monoisotopic (exact) mass is 326 g/mol. The van der Waals surface area contributed by atoms with E-state index in [2.05, 4.69) is 28.7 Å². The fourth-order valence-corrected chi connectivity index (χ4v) is 3.61. The Bertz CT molecular complexity index is 910. The Kier molecular flexibility index (Phi) is 4.30. The van der Waals surface area contributed by atoms with Crippen LogP contribution in [0.15, 0.2) is 41.7 Å². The third kappa shape index (κ3) is 3.05. The highest BCUT2D eigenvalue weighted by atomic mass is 32.1. The number of nitrogens with zero attached hydrogens (tertiary/aromatic N) is 1. The van der Waals surface area contributed by atoms with E-state index in [1.54, 1.807) is 0 Å². The molecule has 3 rings (SSSR count). The van der Waals surface area contributed by atoms with Crippen LogP contribution in [0.3, 0.4) is 0 Å². The zero-order chi connectivity index (χ0) is 16.4. The Hall–Kier alpha value is -2.40. The molecule has 4 nitrogen and oxygen atoms in total. The van der Waals surface area contributed by atoms with Gasteiger partial charge in [-0.3, -0.25) is 4.79 Å². The van der Waals surface area contributed by atoms with E-state index in [9.17, 15) is 4.79 Å². The lowest BCUT2D eigenvalue weighted by Crippen LogP contribution is -2.12. The molecule has 1 aromatic carbocycles. The molecule has 0 aliphatic heterocycles. The second-order valence-corrected chi connectivity index (χ2v) is 6.45. The Morgan fingerprint density at radius 3 is 2.78 bits per heavy atom. The van der Waals surface area contributed by atoms with Gasteiger partial charge in [0.2, 0.25) is 0 Å². The Balaban J connectivity index is 2.09. The van der Waals surface area contributed by atoms with Crippen molar-refractivity contribution in [3.63, 3.8) is 0 Å². The van der Waals surface area contributed by atoms with E-state index in [0.717, 1.165) is 21.7 Å². The minimum absolute atomic E-state index is 0.138.